The quantitative estimate of drug-likeness (QED) is 0.713. The third-order valence-corrected chi connectivity index (χ3v) is 4.05. The van der Waals surface area contributed by atoms with Crippen molar-refractivity contribution < 1.29 is 14.3 Å². The molecule has 0 aliphatic heterocycles. The van der Waals surface area contributed by atoms with Crippen molar-refractivity contribution in [3.8, 4) is 5.75 Å². The van der Waals surface area contributed by atoms with Crippen molar-refractivity contribution in [3.63, 3.8) is 0 Å². The van der Waals surface area contributed by atoms with Crippen LogP contribution in [-0.4, -0.2) is 16.0 Å². The number of aromatic nitrogens is 1. The number of aryl methyl sites for hydroxylation is 2. The first-order chi connectivity index (χ1) is 12.0. The molecule has 0 radical (unpaired) electrons. The minimum Gasteiger partial charge on any atom is -0.507 e. The maximum atomic E-state index is 12.2. The Kier molecular flexibility index (Phi) is 4.52. The zero-order valence-electron chi connectivity index (χ0n) is 14.0. The zero-order chi connectivity index (χ0) is 18.0. The van der Waals surface area contributed by atoms with Crippen molar-refractivity contribution in [2.24, 2.45) is 0 Å². The molecule has 0 bridgehead atoms. The number of rotatable bonds is 4. The van der Waals surface area contributed by atoms with E-state index in [1.807, 2.05) is 6.07 Å². The van der Waals surface area contributed by atoms with Gasteiger partial charge in [0, 0.05) is 18.9 Å². The van der Waals surface area contributed by atoms with Crippen LogP contribution in [0.15, 0.2) is 45.9 Å². The van der Waals surface area contributed by atoms with Gasteiger partial charge in [-0.25, -0.2) is 4.79 Å². The van der Waals surface area contributed by atoms with Crippen LogP contribution in [0.25, 0.3) is 11.0 Å². The summed E-state index contributed by atoms with van der Waals surface area (Å²) in [5.74, 6) is -0.265. The first-order valence-corrected chi connectivity index (χ1v) is 7.87. The number of carbonyl (C=O) groups excluding carboxylic acids is 1. The van der Waals surface area contributed by atoms with Crippen LogP contribution in [0.3, 0.4) is 0 Å². The van der Waals surface area contributed by atoms with Crippen LogP contribution < -0.4 is 10.9 Å². The SMILES string of the molecule is Cc1cc(O)c2c(C)c(CC(=O)NCc3cccnc3)c(=O)oc2c1. The molecule has 2 aromatic heterocycles. The molecule has 1 aromatic carbocycles. The number of phenolic OH excluding ortho intramolecular Hbond substituents is 1. The summed E-state index contributed by atoms with van der Waals surface area (Å²) in [5, 5.41) is 13.4. The number of benzene rings is 1. The number of nitrogens with one attached hydrogen (secondary N) is 1. The Morgan fingerprint density at radius 1 is 1.32 bits per heavy atom. The molecule has 0 aliphatic carbocycles. The molecule has 0 fully saturated rings. The van der Waals surface area contributed by atoms with Crippen LogP contribution in [0.1, 0.15) is 22.3 Å². The van der Waals surface area contributed by atoms with Crippen molar-refractivity contribution in [1.29, 1.82) is 0 Å². The predicted molar refractivity (Wildman–Crippen MR) is 93.4 cm³/mol. The van der Waals surface area contributed by atoms with Gasteiger partial charge in [-0.1, -0.05) is 6.07 Å². The topological polar surface area (TPSA) is 92.4 Å². The van der Waals surface area contributed by atoms with Gasteiger partial charge in [-0.05, 0) is 48.7 Å². The van der Waals surface area contributed by atoms with Crippen LogP contribution in [0.4, 0.5) is 0 Å². The van der Waals surface area contributed by atoms with Gasteiger partial charge in [0.2, 0.25) is 5.91 Å². The Balaban J connectivity index is 1.86. The van der Waals surface area contributed by atoms with Gasteiger partial charge >= 0.3 is 5.63 Å². The highest BCUT2D eigenvalue weighted by Crippen LogP contribution is 2.29. The van der Waals surface area contributed by atoms with E-state index in [1.54, 1.807) is 44.4 Å². The molecule has 1 amide bonds. The number of amides is 1. The Hall–Kier alpha value is -3.15. The average Bonchev–Trinajstić information content (AvgIpc) is 2.57. The average molecular weight is 338 g/mol. The summed E-state index contributed by atoms with van der Waals surface area (Å²) < 4.78 is 5.29. The number of pyridine rings is 1. The van der Waals surface area contributed by atoms with E-state index in [-0.39, 0.29) is 23.6 Å². The van der Waals surface area contributed by atoms with Gasteiger partial charge in [0.25, 0.3) is 0 Å². The van der Waals surface area contributed by atoms with E-state index in [9.17, 15) is 14.7 Å². The molecular weight excluding hydrogens is 320 g/mol. The maximum absolute atomic E-state index is 12.2. The molecule has 2 N–H and O–H groups in total. The summed E-state index contributed by atoms with van der Waals surface area (Å²) in [7, 11) is 0. The van der Waals surface area contributed by atoms with Crippen molar-refractivity contribution in [2.75, 3.05) is 0 Å². The third kappa shape index (κ3) is 3.52. The van der Waals surface area contributed by atoms with Crippen LogP contribution >= 0.6 is 0 Å². The lowest BCUT2D eigenvalue weighted by Gasteiger charge is -2.10. The molecule has 6 heteroatoms. The molecule has 6 nitrogen and oxygen atoms in total. The molecule has 0 saturated heterocycles. The maximum Gasteiger partial charge on any atom is 0.340 e. The molecule has 0 unspecified atom stereocenters. The van der Waals surface area contributed by atoms with Crippen molar-refractivity contribution >= 4 is 16.9 Å². The molecule has 0 spiro atoms. The van der Waals surface area contributed by atoms with Crippen molar-refractivity contribution in [1.82, 2.24) is 10.3 Å². The fourth-order valence-corrected chi connectivity index (χ4v) is 2.79. The van der Waals surface area contributed by atoms with E-state index in [0.717, 1.165) is 11.1 Å². The second kappa shape index (κ2) is 6.76. The number of hydrogen-bond acceptors (Lipinski definition) is 5. The summed E-state index contributed by atoms with van der Waals surface area (Å²) in [5.41, 5.74) is 2.21. The van der Waals surface area contributed by atoms with E-state index in [0.29, 0.717) is 23.1 Å². The second-order valence-electron chi connectivity index (χ2n) is 5.97. The minimum absolute atomic E-state index is 0.0354. The van der Waals surface area contributed by atoms with E-state index >= 15 is 0 Å². The van der Waals surface area contributed by atoms with Gasteiger partial charge < -0.3 is 14.8 Å². The lowest BCUT2D eigenvalue weighted by molar-refractivity contribution is -0.120. The van der Waals surface area contributed by atoms with Crippen LogP contribution in [0.5, 0.6) is 5.75 Å². The first kappa shape index (κ1) is 16.7. The standard InChI is InChI=1S/C19H18N2O4/c1-11-6-15(22)18-12(2)14(19(24)25-16(18)7-11)8-17(23)21-10-13-4-3-5-20-9-13/h3-7,9,22H,8,10H2,1-2H3,(H,21,23). The van der Waals surface area contributed by atoms with Gasteiger partial charge in [0.1, 0.15) is 11.3 Å². The number of carbonyl (C=O) groups is 1. The van der Waals surface area contributed by atoms with Crippen molar-refractivity contribution in [3.05, 3.63) is 69.3 Å². The highest BCUT2D eigenvalue weighted by molar-refractivity contribution is 5.89. The molecule has 3 rings (SSSR count). The summed E-state index contributed by atoms with van der Waals surface area (Å²) in [6.45, 7) is 3.83. The Bertz CT molecular complexity index is 994. The van der Waals surface area contributed by atoms with E-state index < -0.39 is 5.63 Å². The molecule has 2 heterocycles. The summed E-state index contributed by atoms with van der Waals surface area (Å²) >= 11 is 0. The predicted octanol–water partition coefficient (Wildman–Crippen LogP) is 2.37. The van der Waals surface area contributed by atoms with Gasteiger partial charge in [-0.3, -0.25) is 9.78 Å². The number of phenols is 1. The largest absolute Gasteiger partial charge is 0.507 e. The normalized spacial score (nSPS) is 10.8. The van der Waals surface area contributed by atoms with Crippen LogP contribution in [-0.2, 0) is 17.8 Å². The van der Waals surface area contributed by atoms with E-state index in [2.05, 4.69) is 10.3 Å². The first-order valence-electron chi connectivity index (χ1n) is 7.87. The molecule has 128 valence electrons. The third-order valence-electron chi connectivity index (χ3n) is 4.05. The monoisotopic (exact) mass is 338 g/mol. The molecule has 0 aliphatic rings. The van der Waals surface area contributed by atoms with Gasteiger partial charge in [0.05, 0.1) is 17.4 Å². The van der Waals surface area contributed by atoms with Crippen LogP contribution in [0.2, 0.25) is 0 Å². The number of aromatic hydroxyl groups is 1. The van der Waals surface area contributed by atoms with Crippen molar-refractivity contribution in [2.45, 2.75) is 26.8 Å². The number of hydrogen-bond donors (Lipinski definition) is 2. The molecular formula is C19H18N2O4. The minimum atomic E-state index is -0.563. The summed E-state index contributed by atoms with van der Waals surface area (Å²) in [4.78, 5) is 28.4. The van der Waals surface area contributed by atoms with Gasteiger partial charge in [-0.2, -0.15) is 0 Å². The fourth-order valence-electron chi connectivity index (χ4n) is 2.79. The second-order valence-corrected chi connectivity index (χ2v) is 5.97. The van der Waals surface area contributed by atoms with E-state index in [1.165, 1.54) is 0 Å². The molecule has 0 saturated carbocycles. The lowest BCUT2D eigenvalue weighted by atomic mass is 10.0. The smallest absolute Gasteiger partial charge is 0.340 e. The number of fused-ring (bicyclic) bond motifs is 1. The zero-order valence-corrected chi connectivity index (χ0v) is 14.0. The molecule has 3 aromatic rings. The number of nitrogens with zero attached hydrogens (tertiary/aromatic N) is 1. The summed E-state index contributed by atoms with van der Waals surface area (Å²) in [6.07, 6.45) is 3.21. The van der Waals surface area contributed by atoms with Gasteiger partial charge in [0.15, 0.2) is 0 Å². The fraction of sp³-hybridized carbons (Fsp3) is 0.211. The van der Waals surface area contributed by atoms with E-state index in [4.69, 9.17) is 4.42 Å². The lowest BCUT2D eigenvalue weighted by Crippen LogP contribution is -2.27. The Labute approximate surface area is 144 Å². The highest BCUT2D eigenvalue weighted by Gasteiger charge is 2.17. The van der Waals surface area contributed by atoms with Gasteiger partial charge in [-0.15, -0.1) is 0 Å². The highest BCUT2D eigenvalue weighted by atomic mass is 16.4. The Morgan fingerprint density at radius 2 is 2.12 bits per heavy atom. The Morgan fingerprint density at radius 3 is 2.84 bits per heavy atom. The molecule has 25 heavy (non-hydrogen) atoms. The summed E-state index contributed by atoms with van der Waals surface area (Å²) in [6, 6.07) is 6.93. The van der Waals surface area contributed by atoms with Crippen LogP contribution in [0, 0.1) is 13.8 Å². The molecule has 0 atom stereocenters.